The largest absolute Gasteiger partial charge is 0.486 e. The molecule has 0 amide bonds. The molecular formula is C16H23BrN2O2. The van der Waals surface area contributed by atoms with Crippen LogP contribution in [0.1, 0.15) is 19.8 Å². The van der Waals surface area contributed by atoms with Gasteiger partial charge >= 0.3 is 0 Å². The van der Waals surface area contributed by atoms with E-state index in [2.05, 4.69) is 40.1 Å². The standard InChI is InChI=1S/C16H23BrN2O2/c1-11(12-3-5-19(2)6-4-12)18-14-10-16-15(9-13(14)17)20-7-8-21-16/h9-12,18H,3-8H2,1-2H3. The van der Waals surface area contributed by atoms with Crippen LogP contribution in [0, 0.1) is 5.92 Å². The van der Waals surface area contributed by atoms with Gasteiger partial charge in [-0.2, -0.15) is 0 Å². The molecular weight excluding hydrogens is 332 g/mol. The van der Waals surface area contributed by atoms with Crippen molar-refractivity contribution in [3.05, 3.63) is 16.6 Å². The number of fused-ring (bicyclic) bond motifs is 1. The number of nitrogens with one attached hydrogen (secondary N) is 1. The van der Waals surface area contributed by atoms with E-state index in [0.29, 0.717) is 19.3 Å². The van der Waals surface area contributed by atoms with Crippen LogP contribution in [-0.4, -0.2) is 44.3 Å². The lowest BCUT2D eigenvalue weighted by molar-refractivity contribution is 0.171. The van der Waals surface area contributed by atoms with Crippen molar-refractivity contribution in [2.24, 2.45) is 5.92 Å². The summed E-state index contributed by atoms with van der Waals surface area (Å²) in [6.07, 6.45) is 2.51. The number of halogens is 1. The first-order valence-electron chi connectivity index (χ1n) is 7.67. The second-order valence-electron chi connectivity index (χ2n) is 6.05. The van der Waals surface area contributed by atoms with Gasteiger partial charge in [0.25, 0.3) is 0 Å². The van der Waals surface area contributed by atoms with E-state index < -0.39 is 0 Å². The molecule has 1 atom stereocenters. The highest BCUT2D eigenvalue weighted by molar-refractivity contribution is 9.10. The first-order chi connectivity index (χ1) is 10.1. The van der Waals surface area contributed by atoms with Gasteiger partial charge in [-0.1, -0.05) is 0 Å². The Kier molecular flexibility index (Phi) is 4.60. The number of nitrogens with zero attached hydrogens (tertiary/aromatic N) is 1. The summed E-state index contributed by atoms with van der Waals surface area (Å²) in [5.74, 6) is 2.38. The minimum atomic E-state index is 0.456. The van der Waals surface area contributed by atoms with Crippen molar-refractivity contribution in [2.75, 3.05) is 38.7 Å². The van der Waals surface area contributed by atoms with Gasteiger partial charge in [-0.3, -0.25) is 0 Å². The summed E-state index contributed by atoms with van der Waals surface area (Å²) in [7, 11) is 2.20. The molecule has 1 unspecified atom stereocenters. The molecule has 2 heterocycles. The Balaban J connectivity index is 1.69. The van der Waals surface area contributed by atoms with Crippen molar-refractivity contribution in [1.82, 2.24) is 4.90 Å². The lowest BCUT2D eigenvalue weighted by Gasteiger charge is -2.33. The highest BCUT2D eigenvalue weighted by atomic mass is 79.9. The van der Waals surface area contributed by atoms with Crippen molar-refractivity contribution >= 4 is 21.6 Å². The summed E-state index contributed by atoms with van der Waals surface area (Å²) < 4.78 is 12.3. The van der Waals surface area contributed by atoms with Gasteiger partial charge in [-0.25, -0.2) is 0 Å². The normalized spacial score (nSPS) is 21.1. The lowest BCUT2D eigenvalue weighted by atomic mass is 9.90. The molecule has 4 nitrogen and oxygen atoms in total. The molecule has 0 bridgehead atoms. The SMILES string of the molecule is CC(Nc1cc2c(cc1Br)OCCO2)C1CCN(C)CC1. The molecule has 0 spiro atoms. The predicted molar refractivity (Wildman–Crippen MR) is 88.4 cm³/mol. The summed E-state index contributed by atoms with van der Waals surface area (Å²) in [5, 5.41) is 3.64. The molecule has 116 valence electrons. The van der Waals surface area contributed by atoms with Crippen molar-refractivity contribution in [3.8, 4) is 11.5 Å². The van der Waals surface area contributed by atoms with E-state index in [9.17, 15) is 0 Å². The smallest absolute Gasteiger partial charge is 0.163 e. The van der Waals surface area contributed by atoms with Gasteiger partial charge in [0.05, 0.1) is 5.69 Å². The second kappa shape index (κ2) is 6.44. The zero-order valence-electron chi connectivity index (χ0n) is 12.7. The number of hydrogen-bond acceptors (Lipinski definition) is 4. The van der Waals surface area contributed by atoms with Crippen LogP contribution < -0.4 is 14.8 Å². The Hall–Kier alpha value is -0.940. The van der Waals surface area contributed by atoms with Crippen molar-refractivity contribution in [2.45, 2.75) is 25.8 Å². The quantitative estimate of drug-likeness (QED) is 0.902. The molecule has 1 fully saturated rings. The van der Waals surface area contributed by atoms with Gasteiger partial charge in [0.1, 0.15) is 13.2 Å². The summed E-state index contributed by atoms with van der Waals surface area (Å²) in [5.41, 5.74) is 1.09. The van der Waals surface area contributed by atoms with Gasteiger partial charge in [0, 0.05) is 22.6 Å². The van der Waals surface area contributed by atoms with Gasteiger partial charge in [0.15, 0.2) is 11.5 Å². The maximum absolute atomic E-state index is 5.67. The molecule has 1 saturated heterocycles. The van der Waals surface area contributed by atoms with E-state index in [1.165, 1.54) is 25.9 Å². The fourth-order valence-electron chi connectivity index (χ4n) is 3.07. The molecule has 21 heavy (non-hydrogen) atoms. The van der Waals surface area contributed by atoms with Crippen molar-refractivity contribution in [1.29, 1.82) is 0 Å². The first-order valence-corrected chi connectivity index (χ1v) is 8.47. The predicted octanol–water partition coefficient (Wildman–Crippen LogP) is 3.36. The Morgan fingerprint density at radius 2 is 1.81 bits per heavy atom. The van der Waals surface area contributed by atoms with Crippen molar-refractivity contribution < 1.29 is 9.47 Å². The Morgan fingerprint density at radius 1 is 1.19 bits per heavy atom. The third kappa shape index (κ3) is 3.46. The molecule has 0 aliphatic carbocycles. The monoisotopic (exact) mass is 354 g/mol. The topological polar surface area (TPSA) is 33.7 Å². The lowest BCUT2D eigenvalue weighted by Crippen LogP contribution is -2.37. The van der Waals surface area contributed by atoms with Crippen LogP contribution in [0.2, 0.25) is 0 Å². The molecule has 1 aromatic rings. The fraction of sp³-hybridized carbons (Fsp3) is 0.625. The molecule has 0 aromatic heterocycles. The van der Waals surface area contributed by atoms with E-state index in [0.717, 1.165) is 27.6 Å². The number of ether oxygens (including phenoxy) is 2. The third-order valence-electron chi connectivity index (χ3n) is 4.49. The van der Waals surface area contributed by atoms with E-state index in [1.54, 1.807) is 0 Å². The Labute approximate surface area is 134 Å². The summed E-state index contributed by atoms with van der Waals surface area (Å²) in [6.45, 7) is 5.91. The van der Waals surface area contributed by atoms with E-state index in [4.69, 9.17) is 9.47 Å². The number of piperidine rings is 1. The van der Waals surface area contributed by atoms with Gasteiger partial charge < -0.3 is 19.7 Å². The third-order valence-corrected chi connectivity index (χ3v) is 5.14. The summed E-state index contributed by atoms with van der Waals surface area (Å²) >= 11 is 3.63. The van der Waals surface area contributed by atoms with Crippen LogP contribution in [0.15, 0.2) is 16.6 Å². The first kappa shape index (κ1) is 15.0. The zero-order chi connectivity index (χ0) is 14.8. The number of hydrogen-bond donors (Lipinski definition) is 1. The van der Waals surface area contributed by atoms with Crippen LogP contribution in [0.25, 0.3) is 0 Å². The van der Waals surface area contributed by atoms with E-state index in [-0.39, 0.29) is 0 Å². The molecule has 1 aromatic carbocycles. The van der Waals surface area contributed by atoms with Crippen LogP contribution in [0.5, 0.6) is 11.5 Å². The summed E-state index contributed by atoms with van der Waals surface area (Å²) in [4.78, 5) is 2.41. The van der Waals surface area contributed by atoms with Gasteiger partial charge in [-0.05, 0) is 61.8 Å². The van der Waals surface area contributed by atoms with Crippen molar-refractivity contribution in [3.63, 3.8) is 0 Å². The van der Waals surface area contributed by atoms with Crippen LogP contribution >= 0.6 is 15.9 Å². The van der Waals surface area contributed by atoms with Crippen LogP contribution in [-0.2, 0) is 0 Å². The average Bonchev–Trinajstić information content (AvgIpc) is 2.48. The molecule has 0 saturated carbocycles. The molecule has 1 N–H and O–H groups in total. The number of anilines is 1. The van der Waals surface area contributed by atoms with Gasteiger partial charge in [-0.15, -0.1) is 0 Å². The molecule has 2 aliphatic heterocycles. The maximum Gasteiger partial charge on any atom is 0.163 e. The van der Waals surface area contributed by atoms with Crippen LogP contribution in [0.3, 0.4) is 0 Å². The highest BCUT2D eigenvalue weighted by Crippen LogP contribution is 2.39. The Morgan fingerprint density at radius 3 is 2.48 bits per heavy atom. The van der Waals surface area contributed by atoms with Gasteiger partial charge in [0.2, 0.25) is 0 Å². The number of benzene rings is 1. The zero-order valence-corrected chi connectivity index (χ0v) is 14.3. The summed E-state index contributed by atoms with van der Waals surface area (Å²) in [6, 6.07) is 4.50. The molecule has 5 heteroatoms. The number of rotatable bonds is 3. The Bertz CT molecular complexity index is 501. The number of likely N-dealkylation sites (tertiary alicyclic amines) is 1. The molecule has 2 aliphatic rings. The maximum atomic E-state index is 5.67. The average molecular weight is 355 g/mol. The van der Waals surface area contributed by atoms with E-state index >= 15 is 0 Å². The molecule has 0 radical (unpaired) electrons. The molecule has 3 rings (SSSR count). The minimum absolute atomic E-state index is 0.456. The van der Waals surface area contributed by atoms with Crippen LogP contribution in [0.4, 0.5) is 5.69 Å². The highest BCUT2D eigenvalue weighted by Gasteiger charge is 2.23. The minimum Gasteiger partial charge on any atom is -0.486 e. The fourth-order valence-corrected chi connectivity index (χ4v) is 3.50. The van der Waals surface area contributed by atoms with E-state index in [1.807, 2.05) is 12.1 Å². The second-order valence-corrected chi connectivity index (χ2v) is 6.90.